The van der Waals surface area contributed by atoms with Crippen molar-refractivity contribution in [3.05, 3.63) is 77.1 Å². The van der Waals surface area contributed by atoms with Gasteiger partial charge in [0.2, 0.25) is 0 Å². The molecule has 0 radical (unpaired) electrons. The number of aromatic nitrogens is 2. The predicted octanol–water partition coefficient (Wildman–Crippen LogP) is 4.70. The molecule has 8 nitrogen and oxygen atoms in total. The molecule has 0 bridgehead atoms. The first kappa shape index (κ1) is 25.3. The van der Waals surface area contributed by atoms with Crippen LogP contribution >= 0.6 is 11.6 Å². The number of benzene rings is 2. The largest absolute Gasteiger partial charge is 0.383 e. The van der Waals surface area contributed by atoms with Crippen LogP contribution in [0, 0.1) is 6.92 Å². The Hall–Kier alpha value is -3.40. The van der Waals surface area contributed by atoms with Crippen molar-refractivity contribution in [1.29, 1.82) is 0 Å². The molecule has 1 saturated carbocycles. The van der Waals surface area contributed by atoms with Crippen LogP contribution in [0.3, 0.4) is 0 Å². The van der Waals surface area contributed by atoms with E-state index in [2.05, 4.69) is 15.4 Å². The molecule has 0 aliphatic heterocycles. The lowest BCUT2D eigenvalue weighted by atomic mass is 10.0. The van der Waals surface area contributed by atoms with Crippen molar-refractivity contribution in [3.63, 3.8) is 0 Å². The smallest absolute Gasteiger partial charge is 0.175 e. The second-order valence-corrected chi connectivity index (χ2v) is 12.0. The molecule has 0 spiro atoms. The van der Waals surface area contributed by atoms with Crippen molar-refractivity contribution < 1.29 is 8.42 Å². The third-order valence-electron chi connectivity index (χ3n) is 6.77. The monoisotopic (exact) mass is 536 g/mol. The van der Waals surface area contributed by atoms with Crippen molar-refractivity contribution in [3.8, 4) is 11.1 Å². The molecule has 2 atom stereocenters. The van der Waals surface area contributed by atoms with E-state index in [0.29, 0.717) is 27.0 Å². The van der Waals surface area contributed by atoms with E-state index in [4.69, 9.17) is 23.1 Å². The minimum Gasteiger partial charge on any atom is -0.383 e. The van der Waals surface area contributed by atoms with Crippen LogP contribution in [0.15, 0.2) is 70.8 Å². The van der Waals surface area contributed by atoms with E-state index in [0.717, 1.165) is 47.2 Å². The van der Waals surface area contributed by atoms with Crippen LogP contribution in [-0.4, -0.2) is 42.2 Å². The zero-order chi connectivity index (χ0) is 26.3. The first-order valence-electron chi connectivity index (χ1n) is 12.0. The van der Waals surface area contributed by atoms with Gasteiger partial charge < -0.3 is 16.8 Å². The molecule has 10 heteroatoms. The van der Waals surface area contributed by atoms with Gasteiger partial charge in [0.25, 0.3) is 0 Å². The van der Waals surface area contributed by atoms with Crippen LogP contribution in [0.25, 0.3) is 16.6 Å². The van der Waals surface area contributed by atoms with Crippen molar-refractivity contribution >= 4 is 44.2 Å². The number of fused-ring (bicyclic) bond motifs is 1. The number of hydrogen-bond donors (Lipinski definition) is 3. The average Bonchev–Trinajstić information content (AvgIpc) is 3.46. The van der Waals surface area contributed by atoms with Crippen molar-refractivity contribution in [1.82, 2.24) is 9.61 Å². The topological polar surface area (TPSA) is 128 Å². The normalized spacial score (nSPS) is 18.4. The number of amidine groups is 1. The molecular formula is C27H29ClN6O2S. The van der Waals surface area contributed by atoms with E-state index < -0.39 is 9.84 Å². The van der Waals surface area contributed by atoms with Gasteiger partial charge >= 0.3 is 0 Å². The second kappa shape index (κ2) is 9.81. The minimum absolute atomic E-state index is 0.159. The maximum absolute atomic E-state index is 12.0. The number of aliphatic imine (C=N–C) groups is 1. The Balaban J connectivity index is 1.63. The Morgan fingerprint density at radius 3 is 2.65 bits per heavy atom. The number of nitrogens with two attached hydrogens (primary N) is 2. The summed E-state index contributed by atoms with van der Waals surface area (Å²) in [4.78, 5) is 4.88. The van der Waals surface area contributed by atoms with E-state index >= 15 is 0 Å². The summed E-state index contributed by atoms with van der Waals surface area (Å²) in [6.07, 6.45) is 7.60. The molecule has 1 aliphatic rings. The second-order valence-electron chi connectivity index (χ2n) is 9.60. The molecule has 5 N–H and O–H groups in total. The lowest BCUT2D eigenvalue weighted by Crippen LogP contribution is -2.24. The highest BCUT2D eigenvalue weighted by Gasteiger charge is 2.25. The van der Waals surface area contributed by atoms with E-state index in [9.17, 15) is 8.42 Å². The Morgan fingerprint density at radius 1 is 1.19 bits per heavy atom. The van der Waals surface area contributed by atoms with Gasteiger partial charge in [-0.15, -0.1) is 0 Å². The number of nitrogens with one attached hydrogen (secondary N) is 1. The average molecular weight is 537 g/mol. The number of anilines is 1. The van der Waals surface area contributed by atoms with Gasteiger partial charge in [0, 0.05) is 30.1 Å². The van der Waals surface area contributed by atoms with Gasteiger partial charge in [0.15, 0.2) is 9.84 Å². The molecule has 0 amide bonds. The van der Waals surface area contributed by atoms with Gasteiger partial charge in [-0.3, -0.25) is 0 Å². The van der Waals surface area contributed by atoms with Gasteiger partial charge in [0.1, 0.15) is 5.84 Å². The summed E-state index contributed by atoms with van der Waals surface area (Å²) in [6, 6.07) is 14.8. The van der Waals surface area contributed by atoms with Gasteiger partial charge in [-0.1, -0.05) is 29.8 Å². The van der Waals surface area contributed by atoms with Crippen LogP contribution in [-0.2, 0) is 9.84 Å². The molecule has 0 unspecified atom stereocenters. The Bertz CT molecular complexity index is 1630. The van der Waals surface area contributed by atoms with Gasteiger partial charge in [0.05, 0.1) is 38.6 Å². The fourth-order valence-corrected chi connectivity index (χ4v) is 5.71. The molecule has 5 rings (SSSR count). The first-order chi connectivity index (χ1) is 17.6. The highest BCUT2D eigenvalue weighted by atomic mass is 35.5. The summed E-state index contributed by atoms with van der Waals surface area (Å²) in [6.45, 7) is 1.90. The van der Waals surface area contributed by atoms with Crippen molar-refractivity contribution in [2.45, 2.75) is 43.2 Å². The van der Waals surface area contributed by atoms with Crippen LogP contribution in [0.2, 0.25) is 5.02 Å². The molecule has 37 heavy (non-hydrogen) atoms. The Morgan fingerprint density at radius 2 is 1.97 bits per heavy atom. The fraction of sp³-hybridized carbons (Fsp3) is 0.259. The number of nitrogens with zero attached hydrogens (tertiary/aromatic N) is 3. The van der Waals surface area contributed by atoms with Gasteiger partial charge in [-0.05, 0) is 67.6 Å². The summed E-state index contributed by atoms with van der Waals surface area (Å²) in [5.41, 5.74) is 18.3. The third-order valence-corrected chi connectivity index (χ3v) is 8.19. The molecule has 2 heterocycles. The SMILES string of the molecule is Cc1cc(S(C)(=O)=O)ccc1-c1cc2c(N[C@@H]3CC[C@H](N)C3)c(/C(N)=N/c3ccccc3Cl)cnn2c1. The fourth-order valence-electron chi connectivity index (χ4n) is 4.82. The van der Waals surface area contributed by atoms with Crippen molar-refractivity contribution in [2.75, 3.05) is 11.6 Å². The number of hydrogen-bond acceptors (Lipinski definition) is 6. The Kier molecular flexibility index (Phi) is 6.70. The molecular weight excluding hydrogens is 508 g/mol. The molecule has 1 fully saturated rings. The quantitative estimate of drug-likeness (QED) is 0.242. The molecule has 2 aromatic heterocycles. The highest BCUT2D eigenvalue weighted by Crippen LogP contribution is 2.34. The molecule has 1 aliphatic carbocycles. The number of halogens is 1. The van der Waals surface area contributed by atoms with E-state index in [1.54, 1.807) is 28.9 Å². The molecule has 192 valence electrons. The predicted molar refractivity (Wildman–Crippen MR) is 150 cm³/mol. The maximum Gasteiger partial charge on any atom is 0.175 e. The van der Waals surface area contributed by atoms with E-state index in [1.165, 1.54) is 6.26 Å². The standard InChI is InChI=1S/C27H29ClN6O2S/c1-16-11-20(37(2,35)36)9-10-21(16)17-12-25-26(32-19-8-7-18(29)13-19)22(14-31-34(25)15-17)27(30)33-24-6-4-3-5-23(24)28/h3-6,9-12,14-15,18-19,32H,7-8,13,29H2,1-2H3,(H2,30,33)/t18-,19+/m0/s1. The Labute approximate surface area is 221 Å². The van der Waals surface area contributed by atoms with Crippen molar-refractivity contribution in [2.24, 2.45) is 16.5 Å². The van der Waals surface area contributed by atoms with Crippen LogP contribution < -0.4 is 16.8 Å². The first-order valence-corrected chi connectivity index (χ1v) is 14.3. The van der Waals surface area contributed by atoms with Gasteiger partial charge in [-0.2, -0.15) is 5.10 Å². The number of rotatable bonds is 6. The third kappa shape index (κ3) is 5.20. The van der Waals surface area contributed by atoms with Gasteiger partial charge in [-0.25, -0.2) is 17.9 Å². The summed E-state index contributed by atoms with van der Waals surface area (Å²) in [7, 11) is -3.29. The number of para-hydroxylation sites is 1. The van der Waals surface area contributed by atoms with Crippen LogP contribution in [0.5, 0.6) is 0 Å². The number of sulfone groups is 1. The molecule has 0 saturated heterocycles. The zero-order valence-electron chi connectivity index (χ0n) is 20.6. The minimum atomic E-state index is -3.29. The summed E-state index contributed by atoms with van der Waals surface area (Å²) < 4.78 is 25.8. The maximum atomic E-state index is 12.0. The summed E-state index contributed by atoms with van der Waals surface area (Å²) >= 11 is 6.32. The summed E-state index contributed by atoms with van der Waals surface area (Å²) in [5.74, 6) is 0.296. The van der Waals surface area contributed by atoms with Crippen LogP contribution in [0.4, 0.5) is 11.4 Å². The summed E-state index contributed by atoms with van der Waals surface area (Å²) in [5, 5.41) is 8.78. The lowest BCUT2D eigenvalue weighted by Gasteiger charge is -2.18. The molecule has 4 aromatic rings. The highest BCUT2D eigenvalue weighted by molar-refractivity contribution is 7.90. The zero-order valence-corrected chi connectivity index (χ0v) is 22.2. The molecule has 2 aromatic carbocycles. The number of aryl methyl sites for hydroxylation is 1. The van der Waals surface area contributed by atoms with E-state index in [-0.39, 0.29) is 12.1 Å². The van der Waals surface area contributed by atoms with E-state index in [1.807, 2.05) is 43.5 Å². The van der Waals surface area contributed by atoms with Crippen LogP contribution in [0.1, 0.15) is 30.4 Å². The lowest BCUT2D eigenvalue weighted by molar-refractivity contribution is 0.602.